The summed E-state index contributed by atoms with van der Waals surface area (Å²) in [5.74, 6) is 0. The molecule has 0 aromatic heterocycles. The molecule has 0 aliphatic heterocycles. The third-order valence-electron chi connectivity index (χ3n) is 1.91. The van der Waals surface area contributed by atoms with E-state index in [0.717, 1.165) is 0 Å². The number of amides is 2. The predicted molar refractivity (Wildman–Crippen MR) is 67.1 cm³/mol. The molecule has 0 spiro atoms. The van der Waals surface area contributed by atoms with Crippen LogP contribution in [0.3, 0.4) is 0 Å². The van der Waals surface area contributed by atoms with Gasteiger partial charge in [-0.15, -0.1) is 0 Å². The third kappa shape index (κ3) is 3.89. The molecule has 0 bridgehead atoms. The molecule has 0 aliphatic rings. The molecule has 0 heterocycles. The molecule has 88 valence electrons. The van der Waals surface area contributed by atoms with Crippen molar-refractivity contribution in [2.24, 2.45) is 5.73 Å². The number of anilines is 1. The van der Waals surface area contributed by atoms with Gasteiger partial charge in [-0.05, 0) is 25.1 Å². The van der Waals surface area contributed by atoms with Crippen LogP contribution in [0.1, 0.15) is 6.92 Å². The Morgan fingerprint density at radius 1 is 1.50 bits per heavy atom. The lowest BCUT2D eigenvalue weighted by molar-refractivity contribution is 0.249. The largest absolute Gasteiger partial charge is 0.334 e. The maximum absolute atomic E-state index is 11.5. The van der Waals surface area contributed by atoms with Gasteiger partial charge in [0.25, 0.3) is 0 Å². The molecular formula is C10H13Cl2N3O. The highest BCUT2D eigenvalue weighted by atomic mass is 35.5. The summed E-state index contributed by atoms with van der Waals surface area (Å²) in [6.45, 7) is 2.18. The molecule has 0 saturated heterocycles. The maximum Gasteiger partial charge on any atom is 0.319 e. The second kappa shape index (κ2) is 5.94. The first-order chi connectivity index (χ1) is 7.52. The summed E-state index contributed by atoms with van der Waals surface area (Å²) in [5.41, 5.74) is 5.85. The van der Waals surface area contributed by atoms with Crippen LogP contribution in [0.4, 0.5) is 10.5 Å². The fourth-order valence-corrected chi connectivity index (χ4v) is 1.37. The van der Waals surface area contributed by atoms with Crippen LogP contribution < -0.4 is 16.4 Å². The van der Waals surface area contributed by atoms with Crippen molar-refractivity contribution in [2.45, 2.75) is 13.0 Å². The van der Waals surface area contributed by atoms with Gasteiger partial charge in [-0.2, -0.15) is 0 Å². The number of urea groups is 1. The number of nitrogens with one attached hydrogen (secondary N) is 2. The van der Waals surface area contributed by atoms with Gasteiger partial charge in [0.2, 0.25) is 0 Å². The van der Waals surface area contributed by atoms with Crippen LogP contribution in [0.15, 0.2) is 18.2 Å². The fourth-order valence-electron chi connectivity index (χ4n) is 1.03. The standard InChI is InChI=1S/C10H13Cl2N3O/c1-6(5-13)14-10(16)15-9-4-7(11)2-3-8(9)12/h2-4,6H,5,13H2,1H3,(H2,14,15,16). The van der Waals surface area contributed by atoms with Gasteiger partial charge in [-0.1, -0.05) is 23.2 Å². The Labute approximate surface area is 104 Å². The van der Waals surface area contributed by atoms with Crippen molar-refractivity contribution in [3.05, 3.63) is 28.2 Å². The van der Waals surface area contributed by atoms with Crippen molar-refractivity contribution >= 4 is 34.9 Å². The second-order valence-electron chi connectivity index (χ2n) is 3.36. The van der Waals surface area contributed by atoms with Gasteiger partial charge >= 0.3 is 6.03 Å². The Kier molecular flexibility index (Phi) is 4.86. The number of hydrogen-bond donors (Lipinski definition) is 3. The number of rotatable bonds is 3. The summed E-state index contributed by atoms with van der Waals surface area (Å²) >= 11 is 11.7. The minimum Gasteiger partial charge on any atom is -0.334 e. The van der Waals surface area contributed by atoms with Crippen molar-refractivity contribution in [2.75, 3.05) is 11.9 Å². The van der Waals surface area contributed by atoms with Crippen LogP contribution in [0, 0.1) is 0 Å². The Bertz CT molecular complexity index is 384. The summed E-state index contributed by atoms with van der Waals surface area (Å²) in [6.07, 6.45) is 0. The van der Waals surface area contributed by atoms with Crippen LogP contribution in [0.25, 0.3) is 0 Å². The SMILES string of the molecule is CC(CN)NC(=O)Nc1cc(Cl)ccc1Cl. The van der Waals surface area contributed by atoms with Crippen molar-refractivity contribution in [1.29, 1.82) is 0 Å². The number of hydrogen-bond acceptors (Lipinski definition) is 2. The maximum atomic E-state index is 11.5. The summed E-state index contributed by atoms with van der Waals surface area (Å²) in [5, 5.41) is 6.18. The molecule has 1 aromatic carbocycles. The molecule has 1 aromatic rings. The van der Waals surface area contributed by atoms with Gasteiger partial charge in [0.05, 0.1) is 10.7 Å². The number of halogens is 2. The van der Waals surface area contributed by atoms with Crippen molar-refractivity contribution in [3.8, 4) is 0 Å². The molecule has 2 amide bonds. The van der Waals surface area contributed by atoms with E-state index in [1.54, 1.807) is 25.1 Å². The highest BCUT2D eigenvalue weighted by molar-refractivity contribution is 6.35. The van der Waals surface area contributed by atoms with Crippen LogP contribution in [0.2, 0.25) is 10.0 Å². The fraction of sp³-hybridized carbons (Fsp3) is 0.300. The van der Waals surface area contributed by atoms with Crippen LogP contribution in [-0.4, -0.2) is 18.6 Å². The lowest BCUT2D eigenvalue weighted by atomic mass is 10.3. The monoisotopic (exact) mass is 261 g/mol. The summed E-state index contributed by atoms with van der Waals surface area (Å²) in [6, 6.07) is 4.39. The predicted octanol–water partition coefficient (Wildman–Crippen LogP) is 2.46. The van der Waals surface area contributed by atoms with E-state index in [2.05, 4.69) is 10.6 Å². The first-order valence-electron chi connectivity index (χ1n) is 4.75. The molecule has 1 unspecified atom stereocenters. The molecule has 0 fully saturated rings. The van der Waals surface area contributed by atoms with Crippen LogP contribution in [-0.2, 0) is 0 Å². The number of benzene rings is 1. The molecule has 6 heteroatoms. The molecule has 16 heavy (non-hydrogen) atoms. The van der Waals surface area contributed by atoms with Gasteiger partial charge in [-0.25, -0.2) is 4.79 Å². The van der Waals surface area contributed by atoms with Crippen molar-refractivity contribution < 1.29 is 4.79 Å². The third-order valence-corrected chi connectivity index (χ3v) is 2.47. The molecule has 4 N–H and O–H groups in total. The van der Waals surface area contributed by atoms with Gasteiger partial charge in [0.15, 0.2) is 0 Å². The van der Waals surface area contributed by atoms with Gasteiger partial charge in [0.1, 0.15) is 0 Å². The Morgan fingerprint density at radius 3 is 2.81 bits per heavy atom. The highest BCUT2D eigenvalue weighted by Crippen LogP contribution is 2.25. The van der Waals surface area contributed by atoms with Crippen molar-refractivity contribution in [1.82, 2.24) is 5.32 Å². The molecule has 4 nitrogen and oxygen atoms in total. The number of carbonyl (C=O) groups is 1. The minimum atomic E-state index is -0.359. The zero-order chi connectivity index (χ0) is 12.1. The summed E-state index contributed by atoms with van der Waals surface area (Å²) in [7, 11) is 0. The smallest absolute Gasteiger partial charge is 0.319 e. The molecular weight excluding hydrogens is 249 g/mol. The molecule has 0 saturated carbocycles. The van der Waals surface area contributed by atoms with Crippen LogP contribution in [0.5, 0.6) is 0 Å². The Balaban J connectivity index is 2.65. The second-order valence-corrected chi connectivity index (χ2v) is 4.20. The zero-order valence-corrected chi connectivity index (χ0v) is 10.3. The first kappa shape index (κ1) is 13.1. The quantitative estimate of drug-likeness (QED) is 0.783. The zero-order valence-electron chi connectivity index (χ0n) is 8.76. The topological polar surface area (TPSA) is 67.1 Å². The number of carbonyl (C=O) groups excluding carboxylic acids is 1. The normalized spacial score (nSPS) is 12.0. The molecule has 0 radical (unpaired) electrons. The number of nitrogens with two attached hydrogens (primary N) is 1. The molecule has 0 aliphatic carbocycles. The van der Waals surface area contributed by atoms with E-state index < -0.39 is 0 Å². The van der Waals surface area contributed by atoms with Gasteiger partial charge in [-0.3, -0.25) is 0 Å². The van der Waals surface area contributed by atoms with Gasteiger partial charge < -0.3 is 16.4 Å². The average Bonchev–Trinajstić information content (AvgIpc) is 2.23. The molecule has 1 atom stereocenters. The Morgan fingerprint density at radius 2 is 2.19 bits per heavy atom. The lowest BCUT2D eigenvalue weighted by Crippen LogP contribution is -2.40. The van der Waals surface area contributed by atoms with E-state index in [1.807, 2.05) is 0 Å². The van der Waals surface area contributed by atoms with E-state index in [9.17, 15) is 4.79 Å². The summed E-state index contributed by atoms with van der Waals surface area (Å²) < 4.78 is 0. The van der Waals surface area contributed by atoms with E-state index in [4.69, 9.17) is 28.9 Å². The average molecular weight is 262 g/mol. The van der Waals surface area contributed by atoms with Gasteiger partial charge in [0, 0.05) is 17.6 Å². The van der Waals surface area contributed by atoms with E-state index in [1.165, 1.54) is 0 Å². The first-order valence-corrected chi connectivity index (χ1v) is 5.51. The van der Waals surface area contributed by atoms with E-state index >= 15 is 0 Å². The minimum absolute atomic E-state index is 0.0991. The highest BCUT2D eigenvalue weighted by Gasteiger charge is 2.08. The van der Waals surface area contributed by atoms with Crippen LogP contribution >= 0.6 is 23.2 Å². The summed E-state index contributed by atoms with van der Waals surface area (Å²) in [4.78, 5) is 11.5. The Hall–Kier alpha value is -0.970. The van der Waals surface area contributed by atoms with Crippen molar-refractivity contribution in [3.63, 3.8) is 0 Å². The van der Waals surface area contributed by atoms with E-state index in [-0.39, 0.29) is 12.1 Å². The lowest BCUT2D eigenvalue weighted by Gasteiger charge is -2.13. The van der Waals surface area contributed by atoms with E-state index in [0.29, 0.717) is 22.3 Å². The molecule has 1 rings (SSSR count).